The van der Waals surface area contributed by atoms with E-state index in [9.17, 15) is 39.0 Å². The Morgan fingerprint density at radius 1 is 0.521 bits per heavy atom. The SMILES string of the molecule is CC(=O)O.CC(=O)O.NCCCC[C@H](NC(=O)OCc1ccccc1)C(=O)N[C@@H](CCCCN)C(=O)N[C@@H](Cc1ccc(O)cc1)C(=O)N[C@@H](Cc1ccccc1)C(=O)N[C@@H](CCCN=C(N)N)C(=O)O. The molecule has 3 aromatic rings. The Bertz CT molecular complexity index is 2110. The number of amides is 5. The van der Waals surface area contributed by atoms with E-state index in [0.29, 0.717) is 49.9 Å². The molecule has 390 valence electrons. The Kier molecular flexibility index (Phi) is 30.5. The van der Waals surface area contributed by atoms with Crippen LogP contribution in [-0.4, -0.2) is 124 Å². The van der Waals surface area contributed by atoms with Gasteiger partial charge in [0.15, 0.2) is 5.96 Å². The number of nitrogens with one attached hydrogen (secondary N) is 5. The summed E-state index contributed by atoms with van der Waals surface area (Å²) in [7, 11) is 0. The van der Waals surface area contributed by atoms with Crippen molar-refractivity contribution in [3.63, 3.8) is 0 Å². The van der Waals surface area contributed by atoms with Crippen molar-refractivity contribution in [2.75, 3.05) is 19.6 Å². The molecule has 0 radical (unpaired) electrons. The van der Waals surface area contributed by atoms with Crippen LogP contribution in [0.1, 0.15) is 81.9 Å². The summed E-state index contributed by atoms with van der Waals surface area (Å²) in [5.41, 5.74) is 24.1. The second-order valence-electron chi connectivity index (χ2n) is 16.0. The first-order valence-electron chi connectivity index (χ1n) is 22.8. The molecule has 17 N–H and O–H groups in total. The largest absolute Gasteiger partial charge is 0.508 e. The number of phenolic OH excluding ortho intramolecular Hbond substituents is 1. The minimum atomic E-state index is -1.34. The summed E-state index contributed by atoms with van der Waals surface area (Å²) in [5.74, 6) is -6.15. The van der Waals surface area contributed by atoms with E-state index in [1.807, 2.05) is 6.07 Å². The number of alkyl carbamates (subject to hydrolysis) is 1. The van der Waals surface area contributed by atoms with Gasteiger partial charge in [-0.15, -0.1) is 0 Å². The van der Waals surface area contributed by atoms with Crippen LogP contribution in [0.15, 0.2) is 89.9 Å². The third kappa shape index (κ3) is 29.0. The standard InChI is InChI=1S/C44H62N10O9.2C2H4O2/c45-23-9-7-16-33(50-39(57)34(17-8-10-24-46)54-44(62)63-28-31-14-5-2-6-15-31)38(56)52-37(27-30-19-21-32(55)22-20-30)41(59)53-36(26-29-12-3-1-4-13-29)40(58)51-35(42(60)61)18-11-25-49-43(47)48;2*1-2(3)4/h1-6,12-15,19-22,33-37,55H,7-11,16-18,23-28,45-46H2,(H,50,57)(H,51,58)(H,52,56)(H,53,59)(H,54,62)(H,60,61)(H4,47,48,49);2*1H3,(H,3,4)/t33-,34-,35-,36-,37-;;/m0../s1. The summed E-state index contributed by atoms with van der Waals surface area (Å²) in [6, 6.07) is 17.4. The predicted molar refractivity (Wildman–Crippen MR) is 263 cm³/mol. The number of hydrogen-bond acceptors (Lipinski definition) is 13. The lowest BCUT2D eigenvalue weighted by Crippen LogP contribution is -2.59. The zero-order chi connectivity index (χ0) is 53.1. The van der Waals surface area contributed by atoms with Gasteiger partial charge in [0, 0.05) is 33.2 Å². The average molecular weight is 995 g/mol. The van der Waals surface area contributed by atoms with Crippen molar-refractivity contribution >= 4 is 53.6 Å². The number of carboxylic acid groups (broad SMARTS) is 3. The number of unbranched alkanes of at least 4 members (excludes halogenated alkanes) is 2. The molecule has 71 heavy (non-hydrogen) atoms. The molecule has 0 bridgehead atoms. The van der Waals surface area contributed by atoms with Gasteiger partial charge in [-0.05, 0) is 93.3 Å². The molecule has 0 aliphatic heterocycles. The van der Waals surface area contributed by atoms with Gasteiger partial charge in [0.05, 0.1) is 0 Å². The van der Waals surface area contributed by atoms with Crippen LogP contribution in [0, 0.1) is 0 Å². The van der Waals surface area contributed by atoms with Crippen molar-refractivity contribution in [2.24, 2.45) is 27.9 Å². The van der Waals surface area contributed by atoms with Crippen LogP contribution < -0.4 is 49.5 Å². The topological polar surface area (TPSA) is 403 Å². The number of carbonyl (C=O) groups is 8. The van der Waals surface area contributed by atoms with E-state index < -0.39 is 77.8 Å². The number of aliphatic carboxylic acids is 3. The van der Waals surface area contributed by atoms with Crippen LogP contribution in [0.5, 0.6) is 5.75 Å². The molecule has 0 spiro atoms. The lowest BCUT2D eigenvalue weighted by Gasteiger charge is -2.27. The van der Waals surface area contributed by atoms with Crippen molar-refractivity contribution in [2.45, 2.75) is 115 Å². The van der Waals surface area contributed by atoms with Gasteiger partial charge in [-0.1, -0.05) is 72.8 Å². The summed E-state index contributed by atoms with van der Waals surface area (Å²) in [6.07, 6.45) is 1.53. The van der Waals surface area contributed by atoms with E-state index >= 15 is 0 Å². The molecule has 0 saturated carbocycles. The zero-order valence-electron chi connectivity index (χ0n) is 40.1. The Morgan fingerprint density at radius 2 is 0.901 bits per heavy atom. The highest BCUT2D eigenvalue weighted by molar-refractivity contribution is 5.96. The minimum absolute atomic E-state index is 0.0150. The number of carboxylic acids is 3. The van der Waals surface area contributed by atoms with Crippen molar-refractivity contribution < 1.29 is 63.5 Å². The van der Waals surface area contributed by atoms with E-state index in [1.165, 1.54) is 12.1 Å². The molecule has 0 aliphatic rings. The van der Waals surface area contributed by atoms with Gasteiger partial charge in [-0.25, -0.2) is 9.59 Å². The molecule has 23 nitrogen and oxygen atoms in total. The predicted octanol–water partition coefficient (Wildman–Crippen LogP) is 0.990. The number of ether oxygens (including phenoxy) is 1. The van der Waals surface area contributed by atoms with E-state index in [-0.39, 0.29) is 63.4 Å². The van der Waals surface area contributed by atoms with E-state index in [0.717, 1.165) is 19.4 Å². The number of nitrogens with two attached hydrogens (primary N) is 4. The fourth-order valence-corrected chi connectivity index (χ4v) is 6.42. The maximum Gasteiger partial charge on any atom is 0.408 e. The molecule has 23 heteroatoms. The number of guanidine groups is 1. The Morgan fingerprint density at radius 3 is 1.34 bits per heavy atom. The van der Waals surface area contributed by atoms with Crippen LogP contribution >= 0.6 is 0 Å². The molecular weight excluding hydrogens is 925 g/mol. The maximum atomic E-state index is 14.3. The van der Waals surface area contributed by atoms with Gasteiger partial charge in [-0.2, -0.15) is 0 Å². The van der Waals surface area contributed by atoms with Crippen molar-refractivity contribution in [3.8, 4) is 5.75 Å². The Hall–Kier alpha value is -7.79. The maximum absolute atomic E-state index is 14.3. The molecule has 0 fully saturated rings. The first kappa shape index (κ1) is 61.2. The van der Waals surface area contributed by atoms with E-state index in [2.05, 4.69) is 31.6 Å². The smallest absolute Gasteiger partial charge is 0.408 e. The number of phenols is 1. The number of aliphatic imine (C=N–C) groups is 1. The lowest BCUT2D eigenvalue weighted by molar-refractivity contribution is -0.142. The molecule has 5 amide bonds. The normalized spacial score (nSPS) is 12.4. The van der Waals surface area contributed by atoms with Crippen LogP contribution in [0.4, 0.5) is 4.79 Å². The third-order valence-corrected chi connectivity index (χ3v) is 9.83. The summed E-state index contributed by atoms with van der Waals surface area (Å²) < 4.78 is 5.36. The second kappa shape index (κ2) is 35.3. The number of carbonyl (C=O) groups excluding carboxylic acids is 5. The molecular formula is C48H70N10O13. The van der Waals surface area contributed by atoms with Crippen LogP contribution in [0.3, 0.4) is 0 Å². The molecule has 0 aliphatic carbocycles. The first-order valence-corrected chi connectivity index (χ1v) is 22.8. The number of hydrogen-bond donors (Lipinski definition) is 13. The number of rotatable bonds is 28. The number of nitrogens with zero attached hydrogens (tertiary/aromatic N) is 1. The highest BCUT2D eigenvalue weighted by Gasteiger charge is 2.33. The van der Waals surface area contributed by atoms with Crippen molar-refractivity contribution in [3.05, 3.63) is 102 Å². The molecule has 0 saturated heterocycles. The van der Waals surface area contributed by atoms with Crippen molar-refractivity contribution in [1.29, 1.82) is 0 Å². The van der Waals surface area contributed by atoms with Crippen molar-refractivity contribution in [1.82, 2.24) is 26.6 Å². The summed E-state index contributed by atoms with van der Waals surface area (Å²) >= 11 is 0. The van der Waals surface area contributed by atoms with Crippen LogP contribution in [0.25, 0.3) is 0 Å². The highest BCUT2D eigenvalue weighted by Crippen LogP contribution is 2.14. The Balaban J connectivity index is 0.00000292. The van der Waals surface area contributed by atoms with E-state index in [4.69, 9.17) is 47.5 Å². The average Bonchev–Trinajstić information content (AvgIpc) is 3.31. The number of benzene rings is 3. The summed E-state index contributed by atoms with van der Waals surface area (Å²) in [5, 5.41) is 48.0. The quantitative estimate of drug-likeness (QED) is 0.0274. The second-order valence-corrected chi connectivity index (χ2v) is 16.0. The van der Waals surface area contributed by atoms with E-state index in [1.54, 1.807) is 66.7 Å². The van der Waals surface area contributed by atoms with Gasteiger partial charge < -0.3 is 74.7 Å². The molecule has 5 atom stereocenters. The zero-order valence-corrected chi connectivity index (χ0v) is 40.1. The third-order valence-electron chi connectivity index (χ3n) is 9.83. The van der Waals surface area contributed by atoms with Gasteiger partial charge >= 0.3 is 12.1 Å². The molecule has 3 aromatic carbocycles. The molecule has 0 unspecified atom stereocenters. The van der Waals surface area contributed by atoms with Gasteiger partial charge in [0.2, 0.25) is 23.6 Å². The van der Waals surface area contributed by atoms with Crippen LogP contribution in [0.2, 0.25) is 0 Å². The van der Waals surface area contributed by atoms with Gasteiger partial charge in [0.1, 0.15) is 42.6 Å². The monoisotopic (exact) mass is 995 g/mol. The van der Waals surface area contributed by atoms with Gasteiger partial charge in [0.25, 0.3) is 11.9 Å². The Labute approximate surface area is 412 Å². The lowest BCUT2D eigenvalue weighted by atomic mass is 10.0. The molecule has 0 heterocycles. The highest BCUT2D eigenvalue weighted by atomic mass is 16.5. The minimum Gasteiger partial charge on any atom is -0.508 e. The summed E-state index contributed by atoms with van der Waals surface area (Å²) in [6.45, 7) is 2.93. The summed E-state index contributed by atoms with van der Waals surface area (Å²) in [4.78, 5) is 103. The molecule has 0 aromatic heterocycles. The first-order chi connectivity index (χ1) is 33.7. The fourth-order valence-electron chi connectivity index (χ4n) is 6.42. The number of aromatic hydroxyl groups is 1. The molecule has 3 rings (SSSR count). The van der Waals surface area contributed by atoms with Crippen LogP contribution in [-0.2, 0) is 57.7 Å². The fraction of sp³-hybridized carbons (Fsp3) is 0.438. The van der Waals surface area contributed by atoms with Gasteiger partial charge in [-0.3, -0.25) is 33.8 Å².